The summed E-state index contributed by atoms with van der Waals surface area (Å²) < 4.78 is 5.50. The van der Waals surface area contributed by atoms with Crippen molar-refractivity contribution in [2.75, 3.05) is 13.1 Å². The van der Waals surface area contributed by atoms with Crippen LogP contribution in [0.2, 0.25) is 0 Å². The van der Waals surface area contributed by atoms with E-state index in [0.29, 0.717) is 17.3 Å². The average molecular weight is 336 g/mol. The Morgan fingerprint density at radius 3 is 2.96 bits per heavy atom. The van der Waals surface area contributed by atoms with Crippen molar-refractivity contribution < 1.29 is 4.52 Å². The Labute approximate surface area is 145 Å². The van der Waals surface area contributed by atoms with Gasteiger partial charge in [-0.15, -0.1) is 0 Å². The van der Waals surface area contributed by atoms with E-state index in [4.69, 9.17) is 4.52 Å². The van der Waals surface area contributed by atoms with Crippen LogP contribution in [0.15, 0.2) is 58.0 Å². The van der Waals surface area contributed by atoms with Crippen molar-refractivity contribution >= 4 is 0 Å². The molecule has 1 saturated heterocycles. The van der Waals surface area contributed by atoms with Crippen LogP contribution in [0.4, 0.5) is 0 Å². The largest absolute Gasteiger partial charge is 0.339 e. The van der Waals surface area contributed by atoms with Gasteiger partial charge in [0.1, 0.15) is 0 Å². The molecule has 1 atom stereocenters. The second-order valence-corrected chi connectivity index (χ2v) is 6.46. The molecule has 1 aliphatic heterocycles. The Balaban J connectivity index is 1.47. The van der Waals surface area contributed by atoms with Gasteiger partial charge in [0.05, 0.1) is 5.92 Å². The number of likely N-dealkylation sites (tertiary alicyclic amines) is 1. The van der Waals surface area contributed by atoms with E-state index in [2.05, 4.69) is 44.3 Å². The fraction of sp³-hybridized carbons (Fsp3) is 0.316. The molecule has 0 spiro atoms. The number of benzene rings is 1. The highest BCUT2D eigenvalue weighted by Gasteiger charge is 2.26. The summed E-state index contributed by atoms with van der Waals surface area (Å²) in [5.41, 5.74) is 1.82. The monoisotopic (exact) mass is 336 g/mol. The van der Waals surface area contributed by atoms with Crippen molar-refractivity contribution in [1.82, 2.24) is 20.0 Å². The maximum Gasteiger partial charge on any atom is 0.248 e. The van der Waals surface area contributed by atoms with Crippen LogP contribution in [-0.2, 0) is 6.54 Å². The highest BCUT2D eigenvalue weighted by atomic mass is 16.5. The molecule has 4 rings (SSSR count). The van der Waals surface area contributed by atoms with Crippen molar-refractivity contribution in [1.29, 1.82) is 0 Å². The van der Waals surface area contributed by atoms with Gasteiger partial charge in [0.25, 0.3) is 0 Å². The number of H-pyrrole nitrogens is 1. The van der Waals surface area contributed by atoms with Crippen LogP contribution in [0.1, 0.15) is 30.2 Å². The molecule has 2 aromatic heterocycles. The average Bonchev–Trinajstić information content (AvgIpc) is 3.13. The number of nitrogens with zero attached hydrogens (tertiary/aromatic N) is 3. The quantitative estimate of drug-likeness (QED) is 0.793. The molecule has 0 saturated carbocycles. The lowest BCUT2D eigenvalue weighted by Gasteiger charge is -2.30. The van der Waals surface area contributed by atoms with Crippen LogP contribution in [0, 0.1) is 0 Å². The topological polar surface area (TPSA) is 75.0 Å². The van der Waals surface area contributed by atoms with Crippen LogP contribution in [-0.4, -0.2) is 33.1 Å². The Kier molecular flexibility index (Phi) is 4.43. The minimum Gasteiger partial charge on any atom is -0.339 e. The lowest BCUT2D eigenvalue weighted by atomic mass is 9.97. The van der Waals surface area contributed by atoms with Crippen molar-refractivity contribution in [3.63, 3.8) is 0 Å². The third-order valence-electron chi connectivity index (χ3n) is 4.58. The van der Waals surface area contributed by atoms with Crippen molar-refractivity contribution in [3.8, 4) is 11.4 Å². The molecule has 6 nitrogen and oxygen atoms in total. The van der Waals surface area contributed by atoms with Crippen LogP contribution >= 0.6 is 0 Å². The van der Waals surface area contributed by atoms with Gasteiger partial charge < -0.3 is 9.51 Å². The Morgan fingerprint density at radius 1 is 1.24 bits per heavy atom. The molecular formula is C19H20N4O2. The SMILES string of the molecule is O=c1cc(-c2noc(C3CCCN(Cc4ccccc4)C3)n2)cc[nH]1. The summed E-state index contributed by atoms with van der Waals surface area (Å²) in [4.78, 5) is 21.0. The van der Waals surface area contributed by atoms with Gasteiger partial charge in [-0.2, -0.15) is 4.98 Å². The van der Waals surface area contributed by atoms with Gasteiger partial charge in [-0.05, 0) is 31.0 Å². The van der Waals surface area contributed by atoms with Crippen LogP contribution in [0.5, 0.6) is 0 Å². The summed E-state index contributed by atoms with van der Waals surface area (Å²) >= 11 is 0. The van der Waals surface area contributed by atoms with Crippen LogP contribution in [0.25, 0.3) is 11.4 Å². The summed E-state index contributed by atoms with van der Waals surface area (Å²) in [7, 11) is 0. The number of pyridine rings is 1. The molecule has 1 fully saturated rings. The summed E-state index contributed by atoms with van der Waals surface area (Å²) in [6, 6.07) is 13.8. The Bertz CT molecular complexity index is 887. The molecule has 25 heavy (non-hydrogen) atoms. The van der Waals surface area contributed by atoms with Crippen molar-refractivity contribution in [2.24, 2.45) is 0 Å². The maximum absolute atomic E-state index is 11.4. The summed E-state index contributed by atoms with van der Waals surface area (Å²) in [5, 5.41) is 4.05. The third-order valence-corrected chi connectivity index (χ3v) is 4.58. The molecule has 0 amide bonds. The molecule has 1 aliphatic rings. The number of hydrogen-bond acceptors (Lipinski definition) is 5. The van der Waals surface area contributed by atoms with Crippen LogP contribution in [0.3, 0.4) is 0 Å². The van der Waals surface area contributed by atoms with E-state index in [1.54, 1.807) is 12.3 Å². The first-order valence-electron chi connectivity index (χ1n) is 8.57. The van der Waals surface area contributed by atoms with Gasteiger partial charge in [0.15, 0.2) is 0 Å². The van der Waals surface area contributed by atoms with E-state index in [0.717, 1.165) is 32.5 Å². The maximum atomic E-state index is 11.4. The zero-order chi connectivity index (χ0) is 17.1. The van der Waals surface area contributed by atoms with Crippen LogP contribution < -0.4 is 5.56 Å². The summed E-state index contributed by atoms with van der Waals surface area (Å²) in [6.45, 7) is 2.93. The fourth-order valence-electron chi connectivity index (χ4n) is 3.34. The van der Waals surface area contributed by atoms with Gasteiger partial charge >= 0.3 is 0 Å². The molecule has 1 unspecified atom stereocenters. The van der Waals surface area contributed by atoms with Crippen molar-refractivity contribution in [3.05, 3.63) is 70.5 Å². The first-order valence-corrected chi connectivity index (χ1v) is 8.57. The number of rotatable bonds is 4. The third kappa shape index (κ3) is 3.69. The van der Waals surface area contributed by atoms with E-state index in [9.17, 15) is 4.79 Å². The van der Waals surface area contributed by atoms with Gasteiger partial charge in [-0.1, -0.05) is 35.5 Å². The van der Waals surface area contributed by atoms with E-state index < -0.39 is 0 Å². The summed E-state index contributed by atoms with van der Waals surface area (Å²) in [5.74, 6) is 1.37. The Morgan fingerprint density at radius 2 is 2.12 bits per heavy atom. The standard InChI is InChI=1S/C19H20N4O2/c24-17-11-15(8-9-20-17)18-21-19(25-22-18)16-7-4-10-23(13-16)12-14-5-2-1-3-6-14/h1-3,5-6,8-9,11,16H,4,7,10,12-13H2,(H,20,24). The van der Waals surface area contributed by atoms with E-state index >= 15 is 0 Å². The Hall–Kier alpha value is -2.73. The van der Waals surface area contributed by atoms with Gasteiger partial charge in [-0.25, -0.2) is 0 Å². The lowest BCUT2D eigenvalue weighted by molar-refractivity contribution is 0.180. The fourth-order valence-corrected chi connectivity index (χ4v) is 3.34. The molecule has 3 aromatic rings. The highest BCUT2D eigenvalue weighted by molar-refractivity contribution is 5.52. The lowest BCUT2D eigenvalue weighted by Crippen LogP contribution is -2.34. The van der Waals surface area contributed by atoms with Gasteiger partial charge in [0, 0.05) is 30.9 Å². The summed E-state index contributed by atoms with van der Waals surface area (Å²) in [6.07, 6.45) is 3.75. The molecule has 0 aliphatic carbocycles. The van der Waals surface area contributed by atoms with E-state index in [-0.39, 0.29) is 11.5 Å². The number of aromatic amines is 1. The molecule has 1 N–H and O–H groups in total. The van der Waals surface area contributed by atoms with Gasteiger partial charge in [-0.3, -0.25) is 9.69 Å². The second-order valence-electron chi connectivity index (χ2n) is 6.46. The molecule has 3 heterocycles. The predicted octanol–water partition coefficient (Wildman–Crippen LogP) is 2.80. The highest BCUT2D eigenvalue weighted by Crippen LogP contribution is 2.28. The smallest absolute Gasteiger partial charge is 0.248 e. The molecular weight excluding hydrogens is 316 g/mol. The first-order chi connectivity index (χ1) is 12.3. The number of hydrogen-bond donors (Lipinski definition) is 1. The molecule has 0 radical (unpaired) electrons. The molecule has 128 valence electrons. The second kappa shape index (κ2) is 7.03. The van der Waals surface area contributed by atoms with Gasteiger partial charge in [0.2, 0.25) is 17.3 Å². The molecule has 1 aromatic carbocycles. The first kappa shape index (κ1) is 15.8. The normalized spacial score (nSPS) is 18.3. The number of piperidine rings is 1. The van der Waals surface area contributed by atoms with Crippen molar-refractivity contribution in [2.45, 2.75) is 25.3 Å². The number of nitrogens with one attached hydrogen (secondary N) is 1. The minimum atomic E-state index is -0.171. The minimum absolute atomic E-state index is 0.171. The zero-order valence-electron chi connectivity index (χ0n) is 13.9. The number of aromatic nitrogens is 3. The zero-order valence-corrected chi connectivity index (χ0v) is 13.9. The molecule has 0 bridgehead atoms. The van der Waals surface area contributed by atoms with E-state index in [1.165, 1.54) is 11.6 Å². The molecule has 6 heteroatoms. The predicted molar refractivity (Wildman–Crippen MR) is 94.0 cm³/mol. The van der Waals surface area contributed by atoms with E-state index in [1.807, 2.05) is 6.07 Å².